The van der Waals surface area contributed by atoms with E-state index in [1.54, 1.807) is 6.92 Å². The normalized spacial score (nSPS) is 11.3. The maximum atomic E-state index is 11.3. The Bertz CT molecular complexity index is 552. The summed E-state index contributed by atoms with van der Waals surface area (Å²) < 4.78 is 1.84. The lowest BCUT2D eigenvalue weighted by Gasteiger charge is -2.00. The molecule has 0 unspecified atom stereocenters. The van der Waals surface area contributed by atoms with E-state index in [4.69, 9.17) is 0 Å². The number of Topliss-reactive ketones (excluding diaryl/α,β-unsaturated/α-hetero) is 1. The van der Waals surface area contributed by atoms with Crippen molar-refractivity contribution in [3.63, 3.8) is 0 Å². The third-order valence-electron chi connectivity index (χ3n) is 2.83. The third kappa shape index (κ3) is 1.62. The number of hydrogen-bond donors (Lipinski definition) is 0. The molecule has 0 aliphatic heterocycles. The van der Waals surface area contributed by atoms with E-state index in [2.05, 4.69) is 18.9 Å². The van der Waals surface area contributed by atoms with Crippen LogP contribution in [0, 0.1) is 0 Å². The molecule has 3 heteroatoms. The lowest BCUT2D eigenvalue weighted by atomic mass is 10.0. The maximum absolute atomic E-state index is 11.3. The highest BCUT2D eigenvalue weighted by molar-refractivity contribution is 5.98. The Morgan fingerprint density at radius 1 is 1.38 bits per heavy atom. The molecule has 0 saturated carbocycles. The van der Waals surface area contributed by atoms with Gasteiger partial charge in [-0.1, -0.05) is 26.0 Å². The highest BCUT2D eigenvalue weighted by Gasteiger charge is 2.12. The Labute approximate surface area is 95.1 Å². The van der Waals surface area contributed by atoms with Gasteiger partial charge in [0.1, 0.15) is 0 Å². The lowest BCUT2D eigenvalue weighted by Crippen LogP contribution is -1.94. The molecule has 2 aromatic rings. The second-order valence-electron chi connectivity index (χ2n) is 4.45. The molecule has 0 aliphatic carbocycles. The van der Waals surface area contributed by atoms with E-state index in [9.17, 15) is 4.79 Å². The number of hydrogen-bond acceptors (Lipinski definition) is 2. The molecule has 84 valence electrons. The molecule has 1 aromatic heterocycles. The summed E-state index contributed by atoms with van der Waals surface area (Å²) in [6.45, 7) is 5.84. The molecule has 0 spiro atoms. The Morgan fingerprint density at radius 3 is 2.62 bits per heavy atom. The van der Waals surface area contributed by atoms with Gasteiger partial charge >= 0.3 is 0 Å². The van der Waals surface area contributed by atoms with Gasteiger partial charge in [0.15, 0.2) is 5.78 Å². The number of ketones is 1. The second kappa shape index (κ2) is 3.74. The Hall–Kier alpha value is -1.64. The van der Waals surface area contributed by atoms with Crippen molar-refractivity contribution >= 4 is 16.7 Å². The SMILES string of the molecule is CC(=O)c1ccc2c(C(C)C)nn(C)c2c1. The standard InChI is InChI=1S/C13H16N2O/c1-8(2)13-11-6-5-10(9(3)16)7-12(11)15(4)14-13/h5-8H,1-4H3. The fraction of sp³-hybridized carbons (Fsp3) is 0.385. The van der Waals surface area contributed by atoms with Gasteiger partial charge in [-0.3, -0.25) is 9.48 Å². The van der Waals surface area contributed by atoms with Gasteiger partial charge in [0.2, 0.25) is 0 Å². The number of fused-ring (bicyclic) bond motifs is 1. The molecule has 0 saturated heterocycles. The average Bonchev–Trinajstić information content (AvgIpc) is 2.56. The molecule has 0 fully saturated rings. The van der Waals surface area contributed by atoms with E-state index in [-0.39, 0.29) is 5.78 Å². The minimum Gasteiger partial charge on any atom is -0.295 e. The molecule has 1 heterocycles. The summed E-state index contributed by atoms with van der Waals surface area (Å²) in [5, 5.41) is 5.64. The van der Waals surface area contributed by atoms with Crippen LogP contribution in [0.15, 0.2) is 18.2 Å². The quantitative estimate of drug-likeness (QED) is 0.723. The molecule has 0 amide bonds. The van der Waals surface area contributed by atoms with Gasteiger partial charge in [0, 0.05) is 18.0 Å². The predicted octanol–water partition coefficient (Wildman–Crippen LogP) is 2.90. The second-order valence-corrected chi connectivity index (χ2v) is 4.45. The van der Waals surface area contributed by atoms with E-state index in [1.165, 1.54) is 0 Å². The van der Waals surface area contributed by atoms with Gasteiger partial charge in [-0.2, -0.15) is 5.10 Å². The van der Waals surface area contributed by atoms with E-state index >= 15 is 0 Å². The number of aryl methyl sites for hydroxylation is 1. The smallest absolute Gasteiger partial charge is 0.159 e. The first-order valence-electron chi connectivity index (χ1n) is 5.48. The van der Waals surface area contributed by atoms with Crippen LogP contribution in [0.25, 0.3) is 10.9 Å². The van der Waals surface area contributed by atoms with Crippen molar-refractivity contribution in [2.45, 2.75) is 26.7 Å². The van der Waals surface area contributed by atoms with Crippen molar-refractivity contribution in [1.82, 2.24) is 9.78 Å². The molecule has 0 radical (unpaired) electrons. The van der Waals surface area contributed by atoms with Gasteiger partial charge in [0.25, 0.3) is 0 Å². The molecule has 2 rings (SSSR count). The van der Waals surface area contributed by atoms with Gasteiger partial charge in [0.05, 0.1) is 11.2 Å². The number of aromatic nitrogens is 2. The molecule has 0 bridgehead atoms. The van der Waals surface area contributed by atoms with Gasteiger partial charge in [-0.05, 0) is 18.9 Å². The summed E-state index contributed by atoms with van der Waals surface area (Å²) in [6, 6.07) is 5.78. The van der Waals surface area contributed by atoms with Gasteiger partial charge in [-0.15, -0.1) is 0 Å². The topological polar surface area (TPSA) is 34.9 Å². The Kier molecular flexibility index (Phi) is 2.54. The Balaban J connectivity index is 2.71. The first kappa shape index (κ1) is 10.9. The summed E-state index contributed by atoms with van der Waals surface area (Å²) in [5.74, 6) is 0.487. The van der Waals surface area contributed by atoms with Crippen LogP contribution in [0.2, 0.25) is 0 Å². The molecule has 0 atom stereocenters. The zero-order valence-electron chi connectivity index (χ0n) is 10.1. The largest absolute Gasteiger partial charge is 0.295 e. The first-order chi connectivity index (χ1) is 7.50. The van der Waals surface area contributed by atoms with E-state index in [0.717, 1.165) is 22.2 Å². The summed E-state index contributed by atoms with van der Waals surface area (Å²) in [4.78, 5) is 11.3. The zero-order valence-corrected chi connectivity index (χ0v) is 10.1. The minimum absolute atomic E-state index is 0.0918. The number of carbonyl (C=O) groups excluding carboxylic acids is 1. The number of nitrogens with zero attached hydrogens (tertiary/aromatic N) is 2. The fourth-order valence-electron chi connectivity index (χ4n) is 1.93. The van der Waals surface area contributed by atoms with Crippen molar-refractivity contribution < 1.29 is 4.79 Å². The van der Waals surface area contributed by atoms with Crippen LogP contribution < -0.4 is 0 Å². The molecule has 3 nitrogen and oxygen atoms in total. The summed E-state index contributed by atoms with van der Waals surface area (Å²) in [7, 11) is 1.91. The van der Waals surface area contributed by atoms with Crippen LogP contribution in [0.5, 0.6) is 0 Å². The Morgan fingerprint density at radius 2 is 2.06 bits per heavy atom. The van der Waals surface area contributed by atoms with Crippen LogP contribution in [-0.4, -0.2) is 15.6 Å². The first-order valence-corrected chi connectivity index (χ1v) is 5.48. The van der Waals surface area contributed by atoms with Crippen molar-refractivity contribution in [2.24, 2.45) is 7.05 Å². The fourth-order valence-corrected chi connectivity index (χ4v) is 1.93. The number of rotatable bonds is 2. The number of benzene rings is 1. The number of carbonyl (C=O) groups is 1. The van der Waals surface area contributed by atoms with E-state index in [1.807, 2.05) is 29.9 Å². The highest BCUT2D eigenvalue weighted by Crippen LogP contribution is 2.25. The highest BCUT2D eigenvalue weighted by atomic mass is 16.1. The summed E-state index contributed by atoms with van der Waals surface area (Å²) >= 11 is 0. The average molecular weight is 216 g/mol. The monoisotopic (exact) mass is 216 g/mol. The van der Waals surface area contributed by atoms with Gasteiger partial charge < -0.3 is 0 Å². The van der Waals surface area contributed by atoms with Crippen molar-refractivity contribution in [3.8, 4) is 0 Å². The lowest BCUT2D eigenvalue weighted by molar-refractivity contribution is 0.101. The van der Waals surface area contributed by atoms with Crippen LogP contribution >= 0.6 is 0 Å². The molecule has 16 heavy (non-hydrogen) atoms. The maximum Gasteiger partial charge on any atom is 0.159 e. The summed E-state index contributed by atoms with van der Waals surface area (Å²) in [5.41, 5.74) is 2.86. The van der Waals surface area contributed by atoms with Crippen molar-refractivity contribution in [1.29, 1.82) is 0 Å². The van der Waals surface area contributed by atoms with Crippen LogP contribution in [-0.2, 0) is 7.05 Å². The van der Waals surface area contributed by atoms with Crippen molar-refractivity contribution in [3.05, 3.63) is 29.5 Å². The summed E-state index contributed by atoms with van der Waals surface area (Å²) in [6.07, 6.45) is 0. The molecular formula is C13H16N2O. The van der Waals surface area contributed by atoms with E-state index < -0.39 is 0 Å². The van der Waals surface area contributed by atoms with Gasteiger partial charge in [-0.25, -0.2) is 0 Å². The van der Waals surface area contributed by atoms with Crippen molar-refractivity contribution in [2.75, 3.05) is 0 Å². The van der Waals surface area contributed by atoms with Crippen LogP contribution in [0.1, 0.15) is 42.7 Å². The molecule has 0 aliphatic rings. The molecular weight excluding hydrogens is 200 g/mol. The molecule has 0 N–H and O–H groups in total. The minimum atomic E-state index is 0.0918. The third-order valence-corrected chi connectivity index (χ3v) is 2.83. The van der Waals surface area contributed by atoms with Crippen LogP contribution in [0.3, 0.4) is 0 Å². The van der Waals surface area contributed by atoms with E-state index in [0.29, 0.717) is 5.92 Å². The zero-order chi connectivity index (χ0) is 11.9. The van der Waals surface area contributed by atoms with Crippen LogP contribution in [0.4, 0.5) is 0 Å². The predicted molar refractivity (Wildman–Crippen MR) is 64.8 cm³/mol. The molecule has 1 aromatic carbocycles.